The van der Waals surface area contributed by atoms with Crippen LogP contribution in [0, 0.1) is 5.82 Å². The second-order valence-corrected chi connectivity index (χ2v) is 8.09. The molecular weight excluding hydrogens is 421 g/mol. The van der Waals surface area contributed by atoms with E-state index in [1.165, 1.54) is 18.5 Å². The number of fused-ring (bicyclic) bond motifs is 1. The van der Waals surface area contributed by atoms with Crippen LogP contribution >= 0.6 is 0 Å². The summed E-state index contributed by atoms with van der Waals surface area (Å²) >= 11 is 0. The first-order valence-electron chi connectivity index (χ1n) is 10.9. The van der Waals surface area contributed by atoms with E-state index in [1.54, 1.807) is 18.3 Å². The first kappa shape index (κ1) is 21.1. The second kappa shape index (κ2) is 8.99. The molecule has 1 N–H and O–H groups in total. The van der Waals surface area contributed by atoms with Crippen molar-refractivity contribution in [2.45, 2.75) is 13.0 Å². The number of piperazine rings is 1. The van der Waals surface area contributed by atoms with Gasteiger partial charge in [0.15, 0.2) is 0 Å². The third kappa shape index (κ3) is 4.42. The minimum Gasteiger partial charge on any atom is -0.438 e. The van der Waals surface area contributed by atoms with Gasteiger partial charge in [-0.15, -0.1) is 0 Å². The van der Waals surface area contributed by atoms with E-state index in [0.29, 0.717) is 17.0 Å². The van der Waals surface area contributed by atoms with Gasteiger partial charge in [-0.25, -0.2) is 14.4 Å². The first-order chi connectivity index (χ1) is 16.1. The van der Waals surface area contributed by atoms with Crippen LogP contribution in [0.5, 0.6) is 11.6 Å². The SMILES string of the molecule is CC(c1ccc(F)cc1)N1CCN(c2cc(Oc3cccc4c(=O)[nH]ccc34)ncn2)CC1. The van der Waals surface area contributed by atoms with Crippen molar-refractivity contribution >= 4 is 16.6 Å². The maximum Gasteiger partial charge on any atom is 0.255 e. The van der Waals surface area contributed by atoms with Crippen LogP contribution in [-0.4, -0.2) is 46.0 Å². The van der Waals surface area contributed by atoms with Crippen molar-refractivity contribution < 1.29 is 9.13 Å². The molecule has 0 bridgehead atoms. The van der Waals surface area contributed by atoms with Gasteiger partial charge in [-0.3, -0.25) is 9.69 Å². The molecule has 8 heteroatoms. The Bertz CT molecular complexity index is 1320. The van der Waals surface area contributed by atoms with Crippen LogP contribution in [0.3, 0.4) is 0 Å². The predicted molar refractivity (Wildman–Crippen MR) is 125 cm³/mol. The van der Waals surface area contributed by atoms with E-state index in [2.05, 4.69) is 31.7 Å². The number of aromatic amines is 1. The van der Waals surface area contributed by atoms with Crippen molar-refractivity contribution in [3.63, 3.8) is 0 Å². The molecule has 168 valence electrons. The highest BCUT2D eigenvalue weighted by Gasteiger charge is 2.23. The topological polar surface area (TPSA) is 74.3 Å². The Morgan fingerprint density at radius 3 is 2.58 bits per heavy atom. The molecule has 7 nitrogen and oxygen atoms in total. The van der Waals surface area contributed by atoms with Gasteiger partial charge in [0.25, 0.3) is 5.56 Å². The summed E-state index contributed by atoms with van der Waals surface area (Å²) in [7, 11) is 0. The van der Waals surface area contributed by atoms with Gasteiger partial charge in [0, 0.05) is 49.9 Å². The number of rotatable bonds is 5. The molecule has 1 unspecified atom stereocenters. The van der Waals surface area contributed by atoms with Gasteiger partial charge in [0.2, 0.25) is 5.88 Å². The zero-order valence-electron chi connectivity index (χ0n) is 18.2. The number of hydrogen-bond acceptors (Lipinski definition) is 6. The maximum absolute atomic E-state index is 13.2. The molecule has 0 saturated carbocycles. The summed E-state index contributed by atoms with van der Waals surface area (Å²) in [6.07, 6.45) is 3.10. The van der Waals surface area contributed by atoms with Crippen LogP contribution in [0.2, 0.25) is 0 Å². The van der Waals surface area contributed by atoms with Crippen molar-refractivity contribution in [3.05, 3.63) is 88.9 Å². The van der Waals surface area contributed by atoms with Gasteiger partial charge < -0.3 is 14.6 Å². The molecule has 0 amide bonds. The molecule has 2 aromatic carbocycles. The minimum atomic E-state index is -0.215. The van der Waals surface area contributed by atoms with Gasteiger partial charge >= 0.3 is 0 Å². The van der Waals surface area contributed by atoms with Crippen LogP contribution in [0.15, 0.2) is 71.9 Å². The number of anilines is 1. The fourth-order valence-corrected chi connectivity index (χ4v) is 4.24. The molecule has 5 rings (SSSR count). The first-order valence-corrected chi connectivity index (χ1v) is 10.9. The van der Waals surface area contributed by atoms with E-state index in [9.17, 15) is 9.18 Å². The molecule has 1 atom stereocenters. The number of hydrogen-bond donors (Lipinski definition) is 1. The monoisotopic (exact) mass is 445 g/mol. The third-order valence-electron chi connectivity index (χ3n) is 6.16. The van der Waals surface area contributed by atoms with Crippen molar-refractivity contribution in [2.24, 2.45) is 0 Å². The van der Waals surface area contributed by atoms with E-state index in [-0.39, 0.29) is 17.4 Å². The van der Waals surface area contributed by atoms with E-state index < -0.39 is 0 Å². The lowest BCUT2D eigenvalue weighted by atomic mass is 10.1. The van der Waals surface area contributed by atoms with E-state index in [4.69, 9.17) is 4.74 Å². The molecule has 33 heavy (non-hydrogen) atoms. The van der Waals surface area contributed by atoms with Gasteiger partial charge in [-0.1, -0.05) is 18.2 Å². The molecule has 1 fully saturated rings. The molecule has 1 aliphatic rings. The highest BCUT2D eigenvalue weighted by Crippen LogP contribution is 2.29. The number of halogens is 1. The van der Waals surface area contributed by atoms with Crippen LogP contribution in [0.4, 0.5) is 10.2 Å². The van der Waals surface area contributed by atoms with E-state index in [0.717, 1.165) is 42.9 Å². The maximum atomic E-state index is 13.2. The Hall–Kier alpha value is -3.78. The number of aromatic nitrogens is 3. The van der Waals surface area contributed by atoms with Crippen LogP contribution in [0.1, 0.15) is 18.5 Å². The molecule has 2 aromatic heterocycles. The molecule has 1 aliphatic heterocycles. The fraction of sp³-hybridized carbons (Fsp3) is 0.240. The van der Waals surface area contributed by atoms with Crippen LogP contribution < -0.4 is 15.2 Å². The summed E-state index contributed by atoms with van der Waals surface area (Å²) in [5.41, 5.74) is 0.950. The predicted octanol–water partition coefficient (Wildman–Crippen LogP) is 4.13. The van der Waals surface area contributed by atoms with Gasteiger partial charge in [0.1, 0.15) is 23.7 Å². The summed E-state index contributed by atoms with van der Waals surface area (Å²) in [6, 6.07) is 15.9. The Labute approximate surface area is 190 Å². The molecule has 0 aliphatic carbocycles. The lowest BCUT2D eigenvalue weighted by Crippen LogP contribution is -2.47. The molecule has 0 spiro atoms. The van der Waals surface area contributed by atoms with E-state index >= 15 is 0 Å². The highest BCUT2D eigenvalue weighted by atomic mass is 19.1. The van der Waals surface area contributed by atoms with Crippen molar-refractivity contribution in [2.75, 3.05) is 31.1 Å². The van der Waals surface area contributed by atoms with Crippen molar-refractivity contribution in [3.8, 4) is 11.6 Å². The summed E-state index contributed by atoms with van der Waals surface area (Å²) in [6.45, 7) is 5.50. The smallest absolute Gasteiger partial charge is 0.255 e. The van der Waals surface area contributed by atoms with Gasteiger partial charge in [0.05, 0.1) is 5.39 Å². The Morgan fingerprint density at radius 1 is 1.00 bits per heavy atom. The number of nitrogens with zero attached hydrogens (tertiary/aromatic N) is 4. The number of H-pyrrole nitrogens is 1. The second-order valence-electron chi connectivity index (χ2n) is 8.09. The normalized spacial score (nSPS) is 15.5. The Morgan fingerprint density at radius 2 is 1.79 bits per heavy atom. The number of pyridine rings is 1. The zero-order valence-corrected chi connectivity index (χ0v) is 18.2. The summed E-state index contributed by atoms with van der Waals surface area (Å²) in [4.78, 5) is 28.0. The van der Waals surface area contributed by atoms with Crippen LogP contribution in [-0.2, 0) is 0 Å². The minimum absolute atomic E-state index is 0.158. The van der Waals surface area contributed by atoms with Gasteiger partial charge in [-0.05, 0) is 42.8 Å². The molecule has 4 aromatic rings. The zero-order chi connectivity index (χ0) is 22.8. The largest absolute Gasteiger partial charge is 0.438 e. The number of ether oxygens (including phenoxy) is 1. The fourth-order valence-electron chi connectivity index (χ4n) is 4.24. The number of benzene rings is 2. The Balaban J connectivity index is 1.28. The lowest BCUT2D eigenvalue weighted by Gasteiger charge is -2.38. The molecule has 3 heterocycles. The molecule has 1 saturated heterocycles. The van der Waals surface area contributed by atoms with Crippen molar-refractivity contribution in [1.82, 2.24) is 19.9 Å². The molecule has 0 radical (unpaired) electrons. The van der Waals surface area contributed by atoms with Gasteiger partial charge in [-0.2, -0.15) is 0 Å². The summed E-state index contributed by atoms with van der Waals surface area (Å²) in [5.74, 6) is 1.58. The molecular formula is C25H24FN5O2. The standard InChI is InChI=1S/C25H24FN5O2/c1-17(18-5-7-19(26)8-6-18)30-11-13-31(14-12-30)23-15-24(29-16-28-23)33-22-4-2-3-21-20(22)9-10-27-25(21)32/h2-10,15-17H,11-14H2,1H3,(H,27,32). The lowest BCUT2D eigenvalue weighted by molar-refractivity contribution is 0.198. The number of nitrogens with one attached hydrogen (secondary N) is 1. The quantitative estimate of drug-likeness (QED) is 0.498. The Kier molecular flexibility index (Phi) is 5.75. The van der Waals surface area contributed by atoms with Crippen molar-refractivity contribution in [1.29, 1.82) is 0 Å². The summed E-state index contributed by atoms with van der Waals surface area (Å²) in [5, 5.41) is 1.29. The van der Waals surface area contributed by atoms with Crippen LogP contribution in [0.25, 0.3) is 10.8 Å². The average molecular weight is 445 g/mol. The van der Waals surface area contributed by atoms with E-state index in [1.807, 2.05) is 30.3 Å². The highest BCUT2D eigenvalue weighted by molar-refractivity contribution is 5.87. The third-order valence-corrected chi connectivity index (χ3v) is 6.16. The summed E-state index contributed by atoms with van der Waals surface area (Å²) < 4.78 is 19.3. The average Bonchev–Trinajstić information content (AvgIpc) is 2.85.